The molecule has 0 nitrogen and oxygen atoms in total. The number of halogens is 2. The molecule has 0 unspecified atom stereocenters. The summed E-state index contributed by atoms with van der Waals surface area (Å²) in [6, 6.07) is 0. The number of rotatable bonds is 2. The molecule has 2 heterocycles. The molecule has 2 aliphatic rings. The van der Waals surface area contributed by atoms with Gasteiger partial charge in [0.2, 0.25) is 0 Å². The van der Waals surface area contributed by atoms with Crippen molar-refractivity contribution >= 4 is 86.5 Å². The molecule has 0 aromatic rings. The summed E-state index contributed by atoms with van der Waals surface area (Å²) in [4.78, 5) is 0. The summed E-state index contributed by atoms with van der Waals surface area (Å²) in [6.45, 7) is 0. The summed E-state index contributed by atoms with van der Waals surface area (Å²) >= 11 is 0.295. The van der Waals surface area contributed by atoms with Gasteiger partial charge in [-0.3, -0.25) is 0 Å². The van der Waals surface area contributed by atoms with Crippen LogP contribution in [-0.2, 0) is 23.2 Å². The van der Waals surface area contributed by atoms with E-state index in [1.807, 2.05) is 0 Å². The molecular weight excluding hydrogens is 896 g/mol. The fourth-order valence-corrected chi connectivity index (χ4v) is 75.9. The van der Waals surface area contributed by atoms with Gasteiger partial charge in [0.15, 0.2) is 0 Å². The van der Waals surface area contributed by atoms with E-state index in [-0.39, 0.29) is 137 Å². The van der Waals surface area contributed by atoms with Crippen LogP contribution < -0.4 is 24.8 Å². The van der Waals surface area contributed by atoms with Gasteiger partial charge in [-0.15, -0.1) is 0 Å². The van der Waals surface area contributed by atoms with Crippen LogP contribution in [0.15, 0.2) is 15.6 Å². The molecule has 7 heteroatoms. The molecular formula is C6H6Bi2Cl2Sb2Zr. The summed E-state index contributed by atoms with van der Waals surface area (Å²) in [5.41, 5.74) is 0. The Labute approximate surface area is 146 Å². The largest absolute Gasteiger partial charge is 1.00 e. The standard InChI is InChI=1S/2C2H2.2C.2Bi.2ClH.2Sb.Zr.2H/c2*1-2;;;;;;;;;;;/h2*1-2H;;;;;2*1H;;;;;/q;;;;;;;;;;+2;;/p-2. The second-order valence-electron chi connectivity index (χ2n) is 2.00. The Kier molecular flexibility index (Phi) is 13.2. The minimum Gasteiger partial charge on any atom is -1.00 e. The Hall–Kier alpha value is 4.09. The zero-order chi connectivity index (χ0) is 7.52. The van der Waals surface area contributed by atoms with E-state index in [0.717, 1.165) is 0 Å². The quantitative estimate of drug-likeness (QED) is 0.242. The third-order valence-electron chi connectivity index (χ3n) is 1.23. The molecule has 0 spiro atoms. The van der Waals surface area contributed by atoms with Crippen LogP contribution in [0.25, 0.3) is 0 Å². The zero-order valence-electron chi connectivity index (χ0n) is 6.46. The van der Waals surface area contributed by atoms with E-state index in [1.54, 1.807) is 0 Å². The zero-order valence-corrected chi connectivity index (χ0v) is 23.3. The maximum atomic E-state index is 2.63. The predicted molar refractivity (Wildman–Crippen MR) is 54.1 cm³/mol. The van der Waals surface area contributed by atoms with Crippen LogP contribution in [0.4, 0.5) is 0 Å². The molecule has 0 N–H and O–H groups in total. The van der Waals surface area contributed by atoms with Gasteiger partial charge < -0.3 is 24.8 Å². The van der Waals surface area contributed by atoms with Crippen molar-refractivity contribution in [3.63, 3.8) is 0 Å². The van der Waals surface area contributed by atoms with Crippen LogP contribution >= 0.6 is 0 Å². The summed E-state index contributed by atoms with van der Waals surface area (Å²) in [5, 5.41) is 0. The fourth-order valence-electron chi connectivity index (χ4n) is 0.779. The second-order valence-corrected chi connectivity index (χ2v) is 44.9. The van der Waals surface area contributed by atoms with Gasteiger partial charge in [-0.25, -0.2) is 0 Å². The van der Waals surface area contributed by atoms with Crippen molar-refractivity contribution in [2.24, 2.45) is 0 Å². The number of hydrogen-bond donors (Lipinski definition) is 0. The molecule has 68 valence electrons. The summed E-state index contributed by atoms with van der Waals surface area (Å²) < 4.78 is 15.1. The molecule has 13 heavy (non-hydrogen) atoms. The van der Waals surface area contributed by atoms with E-state index in [9.17, 15) is 0 Å². The molecule has 0 amide bonds. The van der Waals surface area contributed by atoms with Crippen LogP contribution in [0.1, 0.15) is 0 Å². The first-order valence-corrected chi connectivity index (χ1v) is 19.5. The maximum Gasteiger partial charge on any atom is -1.00 e. The Bertz CT molecular complexity index is 260. The molecule has 0 aromatic carbocycles. The smallest absolute Gasteiger partial charge is 1.00 e. The van der Waals surface area contributed by atoms with Crippen LogP contribution in [0.3, 0.4) is 0 Å². The van der Waals surface area contributed by atoms with E-state index >= 15 is 0 Å². The predicted octanol–water partition coefficient (Wildman–Crippen LogP) is -7.50. The van der Waals surface area contributed by atoms with Crippen molar-refractivity contribution in [1.82, 2.24) is 0 Å². The van der Waals surface area contributed by atoms with Crippen molar-refractivity contribution in [2.75, 3.05) is 0 Å². The van der Waals surface area contributed by atoms with Gasteiger partial charge in [-0.1, -0.05) is 0 Å². The Morgan fingerprint density at radius 1 is 0.923 bits per heavy atom. The van der Waals surface area contributed by atoms with E-state index in [0.29, 0.717) is 0 Å². The van der Waals surface area contributed by atoms with Crippen molar-refractivity contribution in [3.05, 3.63) is 15.6 Å². The molecule has 0 aliphatic carbocycles. The van der Waals surface area contributed by atoms with E-state index in [1.165, 1.54) is 0 Å². The van der Waals surface area contributed by atoms with Crippen molar-refractivity contribution in [3.8, 4) is 0 Å². The molecule has 0 saturated carbocycles. The molecule has 0 aromatic heterocycles. The van der Waals surface area contributed by atoms with Crippen LogP contribution in [-0.4, -0.2) is 86.5 Å². The normalized spacial score (nSPS) is 16.9. The van der Waals surface area contributed by atoms with Crippen LogP contribution in [0.5, 0.6) is 0 Å². The third kappa shape index (κ3) is 6.54. The van der Waals surface area contributed by atoms with Gasteiger partial charge in [0.25, 0.3) is 0 Å². The van der Waals surface area contributed by atoms with Gasteiger partial charge in [0.1, 0.15) is 0 Å². The molecule has 0 fully saturated rings. The van der Waals surface area contributed by atoms with Crippen LogP contribution in [0, 0.1) is 0 Å². The topological polar surface area (TPSA) is 0 Å². The summed E-state index contributed by atoms with van der Waals surface area (Å²) in [7, 11) is 0. The minimum absolute atomic E-state index is 0. The summed E-state index contributed by atoms with van der Waals surface area (Å²) in [5.74, 6) is 0. The first-order valence-electron chi connectivity index (χ1n) is 3.21. The molecule has 0 bridgehead atoms. The van der Waals surface area contributed by atoms with Gasteiger partial charge in [0, 0.05) is 0 Å². The third-order valence-corrected chi connectivity index (χ3v) is 50.0. The van der Waals surface area contributed by atoms with E-state index in [4.69, 9.17) is 0 Å². The number of hydrogen-bond acceptors (Lipinski definition) is 0. The van der Waals surface area contributed by atoms with Crippen molar-refractivity contribution in [2.45, 2.75) is 0 Å². The first-order chi connectivity index (χ1) is 5.45. The Balaban J connectivity index is 0.000000720. The van der Waals surface area contributed by atoms with Gasteiger partial charge in [-0.2, -0.15) is 0 Å². The van der Waals surface area contributed by atoms with Gasteiger partial charge >= 0.3 is 125 Å². The van der Waals surface area contributed by atoms with E-state index in [2.05, 4.69) is 13.3 Å². The monoisotopic (exact) mass is 898 g/mol. The summed E-state index contributed by atoms with van der Waals surface area (Å²) in [6.07, 6.45) is 0. The van der Waals surface area contributed by atoms with Crippen molar-refractivity contribution < 1.29 is 48.0 Å². The second kappa shape index (κ2) is 10.0. The van der Waals surface area contributed by atoms with Crippen molar-refractivity contribution in [1.29, 1.82) is 0 Å². The molecule has 0 radical (unpaired) electrons. The molecule has 2 rings (SSSR count). The van der Waals surface area contributed by atoms with Crippen LogP contribution in [0.2, 0.25) is 0 Å². The minimum atomic E-state index is -0.143. The molecule has 0 saturated heterocycles. The average molecular weight is 902 g/mol. The average Bonchev–Trinajstić information content (AvgIpc) is 2.60. The Morgan fingerprint density at radius 2 is 1.38 bits per heavy atom. The Morgan fingerprint density at radius 3 is 1.69 bits per heavy atom. The van der Waals surface area contributed by atoms with Gasteiger partial charge in [-0.05, 0) is 0 Å². The fraction of sp³-hybridized carbons (Fsp3) is 0. The van der Waals surface area contributed by atoms with Gasteiger partial charge in [0.05, 0.1) is 0 Å². The first kappa shape index (κ1) is 17.1. The van der Waals surface area contributed by atoms with E-state index < -0.39 is 0 Å². The SMILES string of the molecule is [CH]1=[CH][BiH][C]([Zr+2][C]2=[Sb][CH]=[CH][BiH]2)=[Sb]1.[Cl-].[Cl-]. The molecule has 0 atom stereocenters. The molecule has 2 aliphatic heterocycles. The maximum absolute atomic E-state index is 2.63.